The highest BCUT2D eigenvalue weighted by molar-refractivity contribution is 9.10. The number of piperazine rings is 1. The smallest absolute Gasteiger partial charge is 0.236 e. The van der Waals surface area contributed by atoms with Crippen LogP contribution in [-0.4, -0.2) is 55.5 Å². The number of halogens is 1. The van der Waals surface area contributed by atoms with Crippen LogP contribution in [0, 0.1) is 0 Å². The summed E-state index contributed by atoms with van der Waals surface area (Å²) in [5.74, 6) is 0.185. The summed E-state index contributed by atoms with van der Waals surface area (Å²) in [7, 11) is 1.87. The van der Waals surface area contributed by atoms with Gasteiger partial charge in [0.25, 0.3) is 0 Å². The number of benzene rings is 1. The quantitative estimate of drug-likeness (QED) is 0.906. The van der Waals surface area contributed by atoms with Crippen molar-refractivity contribution in [2.45, 2.75) is 6.54 Å². The van der Waals surface area contributed by atoms with Crippen molar-refractivity contribution in [3.8, 4) is 0 Å². The predicted molar refractivity (Wildman–Crippen MR) is 79.9 cm³/mol. The van der Waals surface area contributed by atoms with E-state index in [1.807, 2.05) is 31.3 Å². The van der Waals surface area contributed by atoms with Crippen LogP contribution < -0.4 is 5.32 Å². The van der Waals surface area contributed by atoms with Crippen LogP contribution in [0.1, 0.15) is 5.56 Å². The molecule has 0 aromatic heterocycles. The zero-order chi connectivity index (χ0) is 13.7. The lowest BCUT2D eigenvalue weighted by atomic mass is 10.2. The summed E-state index contributed by atoms with van der Waals surface area (Å²) in [5, 5.41) is 3.29. The third kappa shape index (κ3) is 4.60. The number of hydrogen-bond acceptors (Lipinski definition) is 3. The van der Waals surface area contributed by atoms with E-state index in [4.69, 9.17) is 0 Å². The molecule has 4 nitrogen and oxygen atoms in total. The van der Waals surface area contributed by atoms with E-state index in [-0.39, 0.29) is 5.91 Å². The topological polar surface area (TPSA) is 35.6 Å². The van der Waals surface area contributed by atoms with Crippen molar-refractivity contribution in [2.75, 3.05) is 39.8 Å². The van der Waals surface area contributed by atoms with Gasteiger partial charge in [0, 0.05) is 44.2 Å². The lowest BCUT2D eigenvalue weighted by Gasteiger charge is -2.28. The van der Waals surface area contributed by atoms with E-state index in [0.29, 0.717) is 13.1 Å². The molecule has 0 unspecified atom stereocenters. The molecule has 0 atom stereocenters. The van der Waals surface area contributed by atoms with Crippen molar-refractivity contribution >= 4 is 21.8 Å². The molecule has 104 valence electrons. The molecule has 1 heterocycles. The summed E-state index contributed by atoms with van der Waals surface area (Å²) in [6, 6.07) is 8.09. The molecule has 1 aromatic rings. The van der Waals surface area contributed by atoms with E-state index in [1.165, 1.54) is 0 Å². The zero-order valence-corrected chi connectivity index (χ0v) is 12.8. The minimum absolute atomic E-state index is 0.185. The van der Waals surface area contributed by atoms with Gasteiger partial charge >= 0.3 is 0 Å². The lowest BCUT2D eigenvalue weighted by Crippen LogP contribution is -2.47. The number of likely N-dealkylation sites (N-methyl/N-ethyl adjacent to an activating group) is 1. The summed E-state index contributed by atoms with van der Waals surface area (Å²) < 4.78 is 1.06. The Morgan fingerprint density at radius 1 is 1.32 bits per heavy atom. The van der Waals surface area contributed by atoms with Gasteiger partial charge in [0.15, 0.2) is 0 Å². The molecule has 1 amide bonds. The molecule has 19 heavy (non-hydrogen) atoms. The van der Waals surface area contributed by atoms with Crippen LogP contribution in [0.4, 0.5) is 0 Å². The van der Waals surface area contributed by atoms with Crippen molar-refractivity contribution in [3.05, 3.63) is 34.3 Å². The summed E-state index contributed by atoms with van der Waals surface area (Å²) in [6.45, 7) is 5.05. The Labute approximate surface area is 122 Å². The molecule has 1 fully saturated rings. The molecule has 1 saturated heterocycles. The molecule has 1 aliphatic rings. The van der Waals surface area contributed by atoms with Gasteiger partial charge in [-0.1, -0.05) is 28.1 Å². The Morgan fingerprint density at radius 2 is 1.95 bits per heavy atom. The minimum atomic E-state index is 0.185. The minimum Gasteiger partial charge on any atom is -0.340 e. The van der Waals surface area contributed by atoms with Crippen LogP contribution in [0.2, 0.25) is 0 Å². The molecule has 1 aromatic carbocycles. The van der Waals surface area contributed by atoms with E-state index in [2.05, 4.69) is 26.1 Å². The van der Waals surface area contributed by atoms with Crippen LogP contribution in [0.5, 0.6) is 0 Å². The largest absolute Gasteiger partial charge is 0.340 e. The van der Waals surface area contributed by atoms with Gasteiger partial charge in [0.2, 0.25) is 5.91 Å². The first kappa shape index (κ1) is 14.5. The van der Waals surface area contributed by atoms with E-state index in [9.17, 15) is 4.79 Å². The summed E-state index contributed by atoms with van der Waals surface area (Å²) in [6.07, 6.45) is 0. The second-order valence-electron chi connectivity index (χ2n) is 4.90. The highest BCUT2D eigenvalue weighted by Gasteiger charge is 2.16. The van der Waals surface area contributed by atoms with Crippen LogP contribution in [-0.2, 0) is 11.3 Å². The first-order valence-corrected chi connectivity index (χ1v) is 7.36. The van der Waals surface area contributed by atoms with Gasteiger partial charge < -0.3 is 10.2 Å². The number of hydrogen-bond donors (Lipinski definition) is 1. The standard InChI is InChI=1S/C14H20BrN3O/c1-17(10-12-2-4-13(15)5-3-12)14(19)11-18-8-6-16-7-9-18/h2-5,16H,6-11H2,1H3. The second kappa shape index (κ2) is 7.03. The average Bonchev–Trinajstić information content (AvgIpc) is 2.42. The van der Waals surface area contributed by atoms with Crippen LogP contribution in [0.3, 0.4) is 0 Å². The van der Waals surface area contributed by atoms with Gasteiger partial charge in [0.05, 0.1) is 6.54 Å². The third-order valence-corrected chi connectivity index (χ3v) is 3.86. The van der Waals surface area contributed by atoms with Crippen molar-refractivity contribution < 1.29 is 4.79 Å². The van der Waals surface area contributed by atoms with E-state index in [0.717, 1.165) is 36.2 Å². The van der Waals surface area contributed by atoms with Gasteiger partial charge in [-0.05, 0) is 17.7 Å². The fraction of sp³-hybridized carbons (Fsp3) is 0.500. The summed E-state index contributed by atoms with van der Waals surface area (Å²) in [4.78, 5) is 16.1. The lowest BCUT2D eigenvalue weighted by molar-refractivity contribution is -0.131. The molecular weight excluding hydrogens is 306 g/mol. The first-order chi connectivity index (χ1) is 9.15. The number of amides is 1. The maximum Gasteiger partial charge on any atom is 0.236 e. The van der Waals surface area contributed by atoms with E-state index < -0.39 is 0 Å². The molecule has 5 heteroatoms. The highest BCUT2D eigenvalue weighted by atomic mass is 79.9. The van der Waals surface area contributed by atoms with Gasteiger partial charge in [-0.2, -0.15) is 0 Å². The fourth-order valence-electron chi connectivity index (χ4n) is 2.13. The Balaban J connectivity index is 1.83. The molecule has 0 spiro atoms. The van der Waals surface area contributed by atoms with Crippen molar-refractivity contribution in [1.29, 1.82) is 0 Å². The van der Waals surface area contributed by atoms with E-state index >= 15 is 0 Å². The molecular formula is C14H20BrN3O. The Morgan fingerprint density at radius 3 is 2.58 bits per heavy atom. The van der Waals surface area contributed by atoms with Crippen molar-refractivity contribution in [2.24, 2.45) is 0 Å². The Bertz CT molecular complexity index is 415. The maximum absolute atomic E-state index is 12.1. The normalized spacial score (nSPS) is 16.3. The van der Waals surface area contributed by atoms with Gasteiger partial charge in [-0.25, -0.2) is 0 Å². The number of carbonyl (C=O) groups excluding carboxylic acids is 1. The number of nitrogens with zero attached hydrogens (tertiary/aromatic N) is 2. The fourth-order valence-corrected chi connectivity index (χ4v) is 2.40. The predicted octanol–water partition coefficient (Wildman–Crippen LogP) is 1.31. The monoisotopic (exact) mass is 325 g/mol. The first-order valence-electron chi connectivity index (χ1n) is 6.56. The SMILES string of the molecule is CN(Cc1ccc(Br)cc1)C(=O)CN1CCNCC1. The molecule has 0 bridgehead atoms. The summed E-state index contributed by atoms with van der Waals surface area (Å²) >= 11 is 3.41. The van der Waals surface area contributed by atoms with Gasteiger partial charge in [-0.3, -0.25) is 9.69 Å². The van der Waals surface area contributed by atoms with Gasteiger partial charge in [0.1, 0.15) is 0 Å². The zero-order valence-electron chi connectivity index (χ0n) is 11.2. The second-order valence-corrected chi connectivity index (χ2v) is 5.82. The average molecular weight is 326 g/mol. The Kier molecular flexibility index (Phi) is 5.36. The molecule has 1 N–H and O–H groups in total. The molecule has 0 aliphatic carbocycles. The molecule has 0 saturated carbocycles. The van der Waals surface area contributed by atoms with Crippen LogP contribution in [0.25, 0.3) is 0 Å². The summed E-state index contributed by atoms with van der Waals surface area (Å²) in [5.41, 5.74) is 1.15. The van der Waals surface area contributed by atoms with Gasteiger partial charge in [-0.15, -0.1) is 0 Å². The van der Waals surface area contributed by atoms with Crippen LogP contribution in [0.15, 0.2) is 28.7 Å². The molecule has 0 radical (unpaired) electrons. The van der Waals surface area contributed by atoms with E-state index in [1.54, 1.807) is 4.90 Å². The van der Waals surface area contributed by atoms with Crippen molar-refractivity contribution in [3.63, 3.8) is 0 Å². The molecule has 1 aliphatic heterocycles. The third-order valence-electron chi connectivity index (χ3n) is 3.33. The number of carbonyl (C=O) groups is 1. The Hall–Kier alpha value is -0.910. The number of nitrogens with one attached hydrogen (secondary N) is 1. The maximum atomic E-state index is 12.1. The van der Waals surface area contributed by atoms with Crippen molar-refractivity contribution in [1.82, 2.24) is 15.1 Å². The highest BCUT2D eigenvalue weighted by Crippen LogP contribution is 2.12. The number of rotatable bonds is 4. The molecule has 2 rings (SSSR count). The van der Waals surface area contributed by atoms with Crippen LogP contribution >= 0.6 is 15.9 Å².